The molecule has 2 heteroatoms. The molecule has 122 valence electrons. The van der Waals surface area contributed by atoms with Gasteiger partial charge in [0.25, 0.3) is 0 Å². The van der Waals surface area contributed by atoms with Crippen LogP contribution in [0.15, 0.2) is 78.9 Å². The first kappa shape index (κ1) is 16.4. The Morgan fingerprint density at radius 1 is 0.875 bits per heavy atom. The van der Waals surface area contributed by atoms with Gasteiger partial charge in [-0.05, 0) is 33.9 Å². The van der Waals surface area contributed by atoms with Gasteiger partial charge in [-0.1, -0.05) is 72.8 Å². The van der Waals surface area contributed by atoms with Crippen molar-refractivity contribution in [3.05, 3.63) is 90.0 Å². The molecule has 1 aliphatic carbocycles. The summed E-state index contributed by atoms with van der Waals surface area (Å²) in [5, 5.41) is 0. The molecule has 2 aromatic carbocycles. The Hall–Kier alpha value is -2.42. The zero-order valence-corrected chi connectivity index (χ0v) is 14.1. The fourth-order valence-electron chi connectivity index (χ4n) is 2.80. The molecule has 1 aliphatic rings. The Balaban J connectivity index is 1.82. The van der Waals surface area contributed by atoms with E-state index >= 15 is 0 Å². The van der Waals surface area contributed by atoms with Crippen molar-refractivity contribution in [2.45, 2.75) is 12.7 Å². The summed E-state index contributed by atoms with van der Waals surface area (Å²) in [6.45, 7) is 0.636. The van der Waals surface area contributed by atoms with Crippen molar-refractivity contribution in [2.24, 2.45) is 0 Å². The summed E-state index contributed by atoms with van der Waals surface area (Å²) in [5.74, 6) is 0. The van der Waals surface area contributed by atoms with Gasteiger partial charge < -0.3 is 9.47 Å². The molecule has 0 saturated heterocycles. The van der Waals surface area contributed by atoms with Crippen LogP contribution in [-0.2, 0) is 16.1 Å². The summed E-state index contributed by atoms with van der Waals surface area (Å²) in [5.41, 5.74) is 5.99. The van der Waals surface area contributed by atoms with E-state index in [0.717, 1.165) is 0 Å². The Bertz CT molecular complexity index is 767. The van der Waals surface area contributed by atoms with Gasteiger partial charge in [0.15, 0.2) is 0 Å². The van der Waals surface area contributed by atoms with Crippen molar-refractivity contribution in [1.29, 1.82) is 0 Å². The highest BCUT2D eigenvalue weighted by Crippen LogP contribution is 2.25. The molecular weight excluding hydrogens is 296 g/mol. The third-order valence-electron chi connectivity index (χ3n) is 4.10. The molecule has 0 unspecified atom stereocenters. The van der Waals surface area contributed by atoms with Crippen molar-refractivity contribution in [3.8, 4) is 11.1 Å². The molecule has 2 aromatic rings. The van der Waals surface area contributed by atoms with E-state index in [1.807, 2.05) is 12.2 Å². The smallest absolute Gasteiger partial charge is 0.0940 e. The van der Waals surface area contributed by atoms with Crippen molar-refractivity contribution in [1.82, 2.24) is 0 Å². The molecule has 0 heterocycles. The highest BCUT2D eigenvalue weighted by atomic mass is 16.5. The van der Waals surface area contributed by atoms with E-state index in [1.165, 1.54) is 27.8 Å². The molecular formula is C22H22O2. The van der Waals surface area contributed by atoms with E-state index in [4.69, 9.17) is 9.47 Å². The van der Waals surface area contributed by atoms with Crippen LogP contribution in [0.5, 0.6) is 0 Å². The second-order valence-corrected chi connectivity index (χ2v) is 5.78. The van der Waals surface area contributed by atoms with E-state index in [2.05, 4.69) is 66.8 Å². The van der Waals surface area contributed by atoms with Gasteiger partial charge in [-0.2, -0.15) is 0 Å². The molecule has 24 heavy (non-hydrogen) atoms. The molecule has 0 saturated carbocycles. The highest BCUT2D eigenvalue weighted by Gasteiger charge is 2.05. The van der Waals surface area contributed by atoms with Gasteiger partial charge in [-0.3, -0.25) is 0 Å². The normalized spacial score (nSPS) is 16.8. The third-order valence-corrected chi connectivity index (χ3v) is 4.10. The molecule has 0 bridgehead atoms. The summed E-state index contributed by atoms with van der Waals surface area (Å²) in [6.07, 6.45) is 10.4. The van der Waals surface area contributed by atoms with E-state index in [-0.39, 0.29) is 6.10 Å². The van der Waals surface area contributed by atoms with Gasteiger partial charge in [0.1, 0.15) is 0 Å². The zero-order chi connectivity index (χ0) is 16.8. The monoisotopic (exact) mass is 318 g/mol. The van der Waals surface area contributed by atoms with Gasteiger partial charge in [-0.15, -0.1) is 0 Å². The summed E-state index contributed by atoms with van der Waals surface area (Å²) in [7, 11) is 3.44. The van der Waals surface area contributed by atoms with Gasteiger partial charge in [-0.25, -0.2) is 0 Å². The number of benzene rings is 2. The number of rotatable bonds is 5. The van der Waals surface area contributed by atoms with Crippen LogP contribution >= 0.6 is 0 Å². The standard InChI is InChI=1S/C22H22O2/c1-23-16-17-5-3-7-21(15-17)20-11-9-19(10-12-20)18-6-4-8-22(24-2)14-13-18/h3-15,22H,16H2,1-2H3/t22-/m1/s1. The average Bonchev–Trinajstić information content (AvgIpc) is 2.88. The maximum Gasteiger partial charge on any atom is 0.0940 e. The predicted molar refractivity (Wildman–Crippen MR) is 99.6 cm³/mol. The Labute approximate surface area is 143 Å². The van der Waals surface area contributed by atoms with Gasteiger partial charge in [0.05, 0.1) is 12.7 Å². The second-order valence-electron chi connectivity index (χ2n) is 5.78. The van der Waals surface area contributed by atoms with Crippen LogP contribution in [0.25, 0.3) is 16.7 Å². The molecule has 1 atom stereocenters. The van der Waals surface area contributed by atoms with Crippen molar-refractivity contribution in [3.63, 3.8) is 0 Å². The number of ether oxygens (including phenoxy) is 2. The highest BCUT2D eigenvalue weighted by molar-refractivity contribution is 5.77. The van der Waals surface area contributed by atoms with Gasteiger partial charge in [0.2, 0.25) is 0 Å². The Kier molecular flexibility index (Phi) is 5.42. The van der Waals surface area contributed by atoms with E-state index < -0.39 is 0 Å². The van der Waals surface area contributed by atoms with Crippen LogP contribution in [0.4, 0.5) is 0 Å². The molecule has 2 nitrogen and oxygen atoms in total. The maximum atomic E-state index is 5.35. The lowest BCUT2D eigenvalue weighted by atomic mass is 9.99. The van der Waals surface area contributed by atoms with Gasteiger partial charge >= 0.3 is 0 Å². The van der Waals surface area contributed by atoms with Crippen LogP contribution in [0.3, 0.4) is 0 Å². The maximum absolute atomic E-state index is 5.35. The van der Waals surface area contributed by atoms with Crippen LogP contribution in [0.2, 0.25) is 0 Å². The van der Waals surface area contributed by atoms with Crippen LogP contribution in [0.1, 0.15) is 11.1 Å². The first-order valence-electron chi connectivity index (χ1n) is 8.08. The summed E-state index contributed by atoms with van der Waals surface area (Å²) >= 11 is 0. The lowest BCUT2D eigenvalue weighted by Gasteiger charge is -2.07. The minimum Gasteiger partial charge on any atom is -0.380 e. The molecule has 0 fully saturated rings. The topological polar surface area (TPSA) is 18.5 Å². The lowest BCUT2D eigenvalue weighted by molar-refractivity contribution is 0.178. The molecule has 0 spiro atoms. The van der Waals surface area contributed by atoms with Gasteiger partial charge in [0, 0.05) is 14.2 Å². The Morgan fingerprint density at radius 2 is 1.67 bits per heavy atom. The average molecular weight is 318 g/mol. The lowest BCUT2D eigenvalue weighted by Crippen LogP contribution is -2.00. The molecule has 0 aromatic heterocycles. The van der Waals surface area contributed by atoms with E-state index in [1.54, 1.807) is 14.2 Å². The van der Waals surface area contributed by atoms with E-state index in [0.29, 0.717) is 6.61 Å². The minimum atomic E-state index is 0.0431. The van der Waals surface area contributed by atoms with Crippen LogP contribution < -0.4 is 0 Å². The fraction of sp³-hybridized carbons (Fsp3) is 0.182. The molecule has 0 aliphatic heterocycles. The third kappa shape index (κ3) is 3.91. The Morgan fingerprint density at radius 3 is 2.42 bits per heavy atom. The fourth-order valence-corrected chi connectivity index (χ4v) is 2.80. The number of allylic oxidation sites excluding steroid dienone is 4. The summed E-state index contributed by atoms with van der Waals surface area (Å²) < 4.78 is 10.6. The van der Waals surface area contributed by atoms with Crippen molar-refractivity contribution >= 4 is 5.57 Å². The van der Waals surface area contributed by atoms with Crippen LogP contribution in [-0.4, -0.2) is 20.3 Å². The molecule has 3 rings (SSSR count). The number of methoxy groups -OCH3 is 2. The minimum absolute atomic E-state index is 0.0431. The van der Waals surface area contributed by atoms with Crippen molar-refractivity contribution < 1.29 is 9.47 Å². The SMILES string of the molecule is COCc1cccc(-c2ccc(C3=CC=C[C@@H](OC)C=C3)cc2)c1. The molecule has 0 radical (unpaired) electrons. The quantitative estimate of drug-likeness (QED) is 0.770. The summed E-state index contributed by atoms with van der Waals surface area (Å²) in [4.78, 5) is 0. The van der Waals surface area contributed by atoms with E-state index in [9.17, 15) is 0 Å². The summed E-state index contributed by atoms with van der Waals surface area (Å²) in [6, 6.07) is 17.1. The predicted octanol–water partition coefficient (Wildman–Crippen LogP) is 5.02. The largest absolute Gasteiger partial charge is 0.380 e. The number of hydrogen-bond donors (Lipinski definition) is 0. The molecule has 0 amide bonds. The number of hydrogen-bond acceptors (Lipinski definition) is 2. The first-order valence-corrected chi connectivity index (χ1v) is 8.08. The second kappa shape index (κ2) is 7.91. The van der Waals surface area contributed by atoms with Crippen LogP contribution in [0, 0.1) is 0 Å². The molecule has 0 N–H and O–H groups in total. The zero-order valence-electron chi connectivity index (χ0n) is 14.1. The first-order chi connectivity index (χ1) is 11.8. The van der Waals surface area contributed by atoms with Crippen molar-refractivity contribution in [2.75, 3.05) is 14.2 Å².